The number of ether oxygens (including phenoxy) is 2. The van der Waals surface area contributed by atoms with Crippen LogP contribution in [0, 0.1) is 5.82 Å². The van der Waals surface area contributed by atoms with Crippen molar-refractivity contribution in [3.05, 3.63) is 52.3 Å². The largest absolute Gasteiger partial charge is 0.496 e. The van der Waals surface area contributed by atoms with Gasteiger partial charge in [0.15, 0.2) is 0 Å². The maximum Gasteiger partial charge on any atom is 0.234 e. The van der Waals surface area contributed by atoms with Crippen LogP contribution in [0.25, 0.3) is 0 Å². The van der Waals surface area contributed by atoms with Crippen molar-refractivity contribution in [1.29, 1.82) is 0 Å². The molecule has 2 aromatic rings. The molecule has 0 aromatic heterocycles. The number of rotatable bonds is 7. The molecule has 128 valence electrons. The molecule has 2 rings (SSSR count). The molecular formula is C17H17BrFNO3S. The summed E-state index contributed by atoms with van der Waals surface area (Å²) >= 11 is 4.81. The van der Waals surface area contributed by atoms with Crippen LogP contribution in [0.1, 0.15) is 5.56 Å². The molecule has 7 heteroatoms. The molecular weight excluding hydrogens is 397 g/mol. The maximum atomic E-state index is 13.5. The minimum atomic E-state index is -0.449. The number of anilines is 1. The predicted molar refractivity (Wildman–Crippen MR) is 98.4 cm³/mol. The van der Waals surface area contributed by atoms with Gasteiger partial charge in [0.25, 0.3) is 0 Å². The summed E-state index contributed by atoms with van der Waals surface area (Å²) in [6.07, 6.45) is 0. The molecule has 0 aliphatic heterocycles. The molecule has 0 bridgehead atoms. The van der Waals surface area contributed by atoms with Gasteiger partial charge in [-0.25, -0.2) is 4.39 Å². The van der Waals surface area contributed by atoms with Crippen LogP contribution in [0.3, 0.4) is 0 Å². The van der Waals surface area contributed by atoms with Gasteiger partial charge in [0.2, 0.25) is 5.91 Å². The maximum absolute atomic E-state index is 13.5. The van der Waals surface area contributed by atoms with Crippen LogP contribution in [-0.4, -0.2) is 25.9 Å². The summed E-state index contributed by atoms with van der Waals surface area (Å²) in [7, 11) is 3.18. The minimum absolute atomic E-state index is 0.186. The summed E-state index contributed by atoms with van der Waals surface area (Å²) in [5.74, 6) is 1.48. The summed E-state index contributed by atoms with van der Waals surface area (Å²) < 4.78 is 24.9. The van der Waals surface area contributed by atoms with Crippen molar-refractivity contribution in [3.63, 3.8) is 0 Å². The molecule has 0 spiro atoms. The van der Waals surface area contributed by atoms with E-state index in [1.54, 1.807) is 26.4 Å². The van der Waals surface area contributed by atoms with Crippen molar-refractivity contribution in [3.8, 4) is 11.5 Å². The van der Waals surface area contributed by atoms with Gasteiger partial charge in [0.05, 0.1) is 30.1 Å². The molecule has 0 radical (unpaired) electrons. The summed E-state index contributed by atoms with van der Waals surface area (Å²) in [5, 5.41) is 2.56. The normalized spacial score (nSPS) is 10.3. The highest BCUT2D eigenvalue weighted by Crippen LogP contribution is 2.34. The highest BCUT2D eigenvalue weighted by atomic mass is 79.9. The summed E-state index contributed by atoms with van der Waals surface area (Å²) in [5.41, 5.74) is 1.10. The first-order valence-electron chi connectivity index (χ1n) is 7.07. The van der Waals surface area contributed by atoms with Crippen LogP contribution >= 0.6 is 27.7 Å². The first-order chi connectivity index (χ1) is 11.5. The van der Waals surface area contributed by atoms with E-state index in [1.165, 1.54) is 23.9 Å². The van der Waals surface area contributed by atoms with Crippen LogP contribution < -0.4 is 14.8 Å². The third kappa shape index (κ3) is 4.88. The Morgan fingerprint density at radius 2 is 1.92 bits per heavy atom. The molecule has 4 nitrogen and oxygen atoms in total. The quantitative estimate of drug-likeness (QED) is 0.726. The first kappa shape index (κ1) is 18.6. The van der Waals surface area contributed by atoms with Crippen LogP contribution in [0.15, 0.2) is 40.9 Å². The molecule has 0 heterocycles. The smallest absolute Gasteiger partial charge is 0.234 e. The SMILES string of the molecule is COc1cc(CSCC(=O)Nc2ccccc2F)c(OC)cc1Br. The summed E-state index contributed by atoms with van der Waals surface area (Å²) in [4.78, 5) is 11.9. The second kappa shape index (κ2) is 8.94. The van der Waals surface area contributed by atoms with E-state index in [0.29, 0.717) is 17.3 Å². The van der Waals surface area contributed by atoms with Crippen molar-refractivity contribution in [2.75, 3.05) is 25.3 Å². The van der Waals surface area contributed by atoms with E-state index in [1.807, 2.05) is 12.1 Å². The van der Waals surface area contributed by atoms with Crippen molar-refractivity contribution >= 4 is 39.3 Å². The van der Waals surface area contributed by atoms with Crippen LogP contribution in [-0.2, 0) is 10.5 Å². The fraction of sp³-hybridized carbons (Fsp3) is 0.235. The number of nitrogens with one attached hydrogen (secondary N) is 1. The summed E-state index contributed by atoms with van der Waals surface area (Å²) in [6, 6.07) is 9.78. The molecule has 1 amide bonds. The van der Waals surface area contributed by atoms with Gasteiger partial charge in [-0.3, -0.25) is 4.79 Å². The van der Waals surface area contributed by atoms with Crippen molar-refractivity contribution in [2.24, 2.45) is 0 Å². The molecule has 0 saturated carbocycles. The van der Waals surface area contributed by atoms with Gasteiger partial charge in [-0.1, -0.05) is 12.1 Å². The molecule has 24 heavy (non-hydrogen) atoms. The van der Waals surface area contributed by atoms with Gasteiger partial charge in [0, 0.05) is 11.3 Å². The second-order valence-electron chi connectivity index (χ2n) is 4.82. The third-order valence-corrected chi connectivity index (χ3v) is 4.79. The molecule has 0 aliphatic rings. The van der Waals surface area contributed by atoms with Gasteiger partial charge >= 0.3 is 0 Å². The number of hydrogen-bond donors (Lipinski definition) is 1. The van der Waals surface area contributed by atoms with Gasteiger partial charge in [0.1, 0.15) is 17.3 Å². The van der Waals surface area contributed by atoms with Crippen LogP contribution in [0.5, 0.6) is 11.5 Å². The van der Waals surface area contributed by atoms with Crippen LogP contribution in [0.4, 0.5) is 10.1 Å². The van der Waals surface area contributed by atoms with E-state index < -0.39 is 5.82 Å². The molecule has 1 N–H and O–H groups in total. The Morgan fingerprint density at radius 3 is 2.58 bits per heavy atom. The van der Waals surface area contributed by atoms with E-state index >= 15 is 0 Å². The third-order valence-electron chi connectivity index (χ3n) is 3.19. The zero-order valence-electron chi connectivity index (χ0n) is 13.3. The Balaban J connectivity index is 1.94. The standard InChI is InChI=1S/C17H17BrFNO3S/c1-22-15-8-12(18)16(23-2)7-11(15)9-24-10-17(21)20-14-6-4-3-5-13(14)19/h3-8H,9-10H2,1-2H3,(H,20,21). The van der Waals surface area contributed by atoms with Crippen molar-refractivity contribution < 1.29 is 18.7 Å². The van der Waals surface area contributed by atoms with Crippen LogP contribution in [0.2, 0.25) is 0 Å². The number of thioether (sulfide) groups is 1. The molecule has 0 atom stereocenters. The van der Waals surface area contributed by atoms with E-state index in [9.17, 15) is 9.18 Å². The molecule has 0 aliphatic carbocycles. The summed E-state index contributed by atoms with van der Waals surface area (Å²) in [6.45, 7) is 0. The fourth-order valence-corrected chi connectivity index (χ4v) is 3.33. The van der Waals surface area contributed by atoms with Gasteiger partial charge < -0.3 is 14.8 Å². The molecule has 0 saturated heterocycles. The number of halogens is 2. The Hall–Kier alpha value is -1.73. The lowest BCUT2D eigenvalue weighted by atomic mass is 10.2. The van der Waals surface area contributed by atoms with E-state index in [-0.39, 0.29) is 17.3 Å². The predicted octanol–water partition coefficient (Wildman–Crippen LogP) is 4.48. The highest BCUT2D eigenvalue weighted by molar-refractivity contribution is 9.10. The zero-order valence-corrected chi connectivity index (χ0v) is 15.7. The van der Waals surface area contributed by atoms with E-state index in [2.05, 4.69) is 21.2 Å². The second-order valence-corrected chi connectivity index (χ2v) is 6.66. The molecule has 0 unspecified atom stereocenters. The number of benzene rings is 2. The molecule has 0 fully saturated rings. The Morgan fingerprint density at radius 1 is 1.21 bits per heavy atom. The number of carbonyl (C=O) groups excluding carboxylic acids is 1. The molecule has 2 aromatic carbocycles. The lowest BCUT2D eigenvalue weighted by Gasteiger charge is -2.12. The zero-order chi connectivity index (χ0) is 17.5. The Labute approximate surface area is 152 Å². The lowest BCUT2D eigenvalue weighted by molar-refractivity contribution is -0.113. The number of carbonyl (C=O) groups is 1. The van der Waals surface area contributed by atoms with E-state index in [0.717, 1.165) is 10.0 Å². The Bertz CT molecular complexity index is 727. The average molecular weight is 414 g/mol. The topological polar surface area (TPSA) is 47.6 Å². The number of amides is 1. The number of methoxy groups -OCH3 is 2. The lowest BCUT2D eigenvalue weighted by Crippen LogP contribution is -2.15. The Kier molecular flexibility index (Phi) is 6.93. The highest BCUT2D eigenvalue weighted by Gasteiger charge is 2.11. The number of hydrogen-bond acceptors (Lipinski definition) is 4. The first-order valence-corrected chi connectivity index (χ1v) is 9.02. The van der Waals surface area contributed by atoms with Gasteiger partial charge in [-0.2, -0.15) is 0 Å². The van der Waals surface area contributed by atoms with Gasteiger partial charge in [-0.05, 0) is 40.2 Å². The van der Waals surface area contributed by atoms with Crippen molar-refractivity contribution in [1.82, 2.24) is 0 Å². The minimum Gasteiger partial charge on any atom is -0.496 e. The van der Waals surface area contributed by atoms with Gasteiger partial charge in [-0.15, -0.1) is 11.8 Å². The number of para-hydroxylation sites is 1. The average Bonchev–Trinajstić information content (AvgIpc) is 2.57. The fourth-order valence-electron chi connectivity index (χ4n) is 2.04. The monoisotopic (exact) mass is 413 g/mol. The van der Waals surface area contributed by atoms with Crippen molar-refractivity contribution in [2.45, 2.75) is 5.75 Å². The van der Waals surface area contributed by atoms with E-state index in [4.69, 9.17) is 9.47 Å².